The van der Waals surface area contributed by atoms with Crippen molar-refractivity contribution >= 4 is 18.0 Å². The van der Waals surface area contributed by atoms with Crippen LogP contribution in [0.15, 0.2) is 36.4 Å². The minimum absolute atomic E-state index is 0.456. The number of hydrogen-bond acceptors (Lipinski definition) is 3. The first-order valence-electron chi connectivity index (χ1n) is 4.57. The number of hydrogen-bond donors (Lipinski definition) is 1. The zero-order chi connectivity index (χ0) is 10.8. The van der Waals surface area contributed by atoms with E-state index in [1.165, 1.54) is 0 Å². The van der Waals surface area contributed by atoms with Crippen LogP contribution in [0.2, 0.25) is 0 Å². The van der Waals surface area contributed by atoms with Crippen molar-refractivity contribution in [1.82, 2.24) is 9.55 Å². The Morgan fingerprint density at radius 2 is 1.93 bits per heavy atom. The highest BCUT2D eigenvalue weighted by Crippen LogP contribution is 2.19. The second-order valence-electron chi connectivity index (χ2n) is 3.27. The Labute approximate surface area is 93.2 Å². The first-order chi connectivity index (χ1) is 7.18. The van der Waals surface area contributed by atoms with Gasteiger partial charge in [-0.2, -0.15) is 0 Å². The molecule has 0 bridgehead atoms. The van der Waals surface area contributed by atoms with Crippen LogP contribution in [0.5, 0.6) is 0 Å². The highest BCUT2D eigenvalue weighted by atomic mass is 32.1. The molecule has 0 saturated heterocycles. The van der Waals surface area contributed by atoms with Gasteiger partial charge in [-0.1, -0.05) is 30.3 Å². The second kappa shape index (κ2) is 3.82. The standard InChI is InChI=1S/C11H11N3S/c1-14-9(7-10(12)13-11(14)15)8-5-3-2-4-6-8/h2-7H,1H3,(H2,12,13,15). The molecule has 0 atom stereocenters. The summed E-state index contributed by atoms with van der Waals surface area (Å²) in [4.78, 5) is 4.01. The summed E-state index contributed by atoms with van der Waals surface area (Å²) in [6.45, 7) is 0. The molecule has 0 spiro atoms. The Morgan fingerprint density at radius 3 is 2.60 bits per heavy atom. The first-order valence-corrected chi connectivity index (χ1v) is 4.98. The van der Waals surface area contributed by atoms with E-state index in [1.807, 2.05) is 48.0 Å². The number of rotatable bonds is 1. The Hall–Kier alpha value is -1.68. The van der Waals surface area contributed by atoms with Gasteiger partial charge in [0.25, 0.3) is 0 Å². The zero-order valence-corrected chi connectivity index (χ0v) is 9.16. The van der Waals surface area contributed by atoms with E-state index in [4.69, 9.17) is 18.0 Å². The Kier molecular flexibility index (Phi) is 2.51. The van der Waals surface area contributed by atoms with E-state index in [9.17, 15) is 0 Å². The average Bonchev–Trinajstić information content (AvgIpc) is 2.24. The van der Waals surface area contributed by atoms with Gasteiger partial charge in [-0.25, -0.2) is 4.98 Å². The van der Waals surface area contributed by atoms with Crippen LogP contribution in [0.1, 0.15) is 0 Å². The van der Waals surface area contributed by atoms with Crippen molar-refractivity contribution in [2.45, 2.75) is 0 Å². The van der Waals surface area contributed by atoms with Gasteiger partial charge in [0.1, 0.15) is 5.82 Å². The lowest BCUT2D eigenvalue weighted by atomic mass is 10.1. The van der Waals surface area contributed by atoms with Gasteiger partial charge >= 0.3 is 0 Å². The molecule has 0 aliphatic rings. The summed E-state index contributed by atoms with van der Waals surface area (Å²) in [6, 6.07) is 11.8. The van der Waals surface area contributed by atoms with Crippen molar-refractivity contribution in [1.29, 1.82) is 0 Å². The summed E-state index contributed by atoms with van der Waals surface area (Å²) in [5.41, 5.74) is 7.74. The van der Waals surface area contributed by atoms with Crippen LogP contribution in [0.25, 0.3) is 11.3 Å². The second-order valence-corrected chi connectivity index (χ2v) is 3.64. The van der Waals surface area contributed by atoms with E-state index < -0.39 is 0 Å². The van der Waals surface area contributed by atoms with E-state index in [1.54, 1.807) is 0 Å². The molecular weight excluding hydrogens is 206 g/mol. The minimum Gasteiger partial charge on any atom is -0.384 e. The molecular formula is C11H11N3S. The van der Waals surface area contributed by atoms with Gasteiger partial charge in [0.15, 0.2) is 0 Å². The van der Waals surface area contributed by atoms with Crippen LogP contribution in [-0.4, -0.2) is 9.55 Å². The van der Waals surface area contributed by atoms with Crippen LogP contribution in [-0.2, 0) is 7.05 Å². The molecule has 0 radical (unpaired) electrons. The Morgan fingerprint density at radius 1 is 1.27 bits per heavy atom. The van der Waals surface area contributed by atoms with Gasteiger partial charge in [0.2, 0.25) is 4.77 Å². The van der Waals surface area contributed by atoms with Gasteiger partial charge < -0.3 is 10.3 Å². The quantitative estimate of drug-likeness (QED) is 0.746. The summed E-state index contributed by atoms with van der Waals surface area (Å²) in [7, 11) is 1.89. The molecule has 0 aliphatic carbocycles. The smallest absolute Gasteiger partial charge is 0.201 e. The third kappa shape index (κ3) is 1.89. The van der Waals surface area contributed by atoms with E-state index in [0.29, 0.717) is 10.6 Å². The summed E-state index contributed by atoms with van der Waals surface area (Å²) in [6.07, 6.45) is 0. The van der Waals surface area contributed by atoms with E-state index >= 15 is 0 Å². The van der Waals surface area contributed by atoms with Crippen LogP contribution >= 0.6 is 12.2 Å². The molecule has 1 aromatic heterocycles. The molecule has 2 rings (SSSR count). The molecule has 2 N–H and O–H groups in total. The van der Waals surface area contributed by atoms with Crippen LogP contribution < -0.4 is 5.73 Å². The van der Waals surface area contributed by atoms with E-state index in [0.717, 1.165) is 11.3 Å². The average molecular weight is 217 g/mol. The first kappa shape index (κ1) is 9.86. The normalized spacial score (nSPS) is 10.2. The number of aromatic nitrogens is 2. The lowest BCUT2D eigenvalue weighted by molar-refractivity contribution is 0.857. The van der Waals surface area contributed by atoms with Gasteiger partial charge in [-0.15, -0.1) is 0 Å². The summed E-state index contributed by atoms with van der Waals surface area (Å²) < 4.78 is 2.34. The van der Waals surface area contributed by atoms with E-state index in [-0.39, 0.29) is 0 Å². The fourth-order valence-electron chi connectivity index (χ4n) is 1.44. The molecule has 4 heteroatoms. The third-order valence-electron chi connectivity index (χ3n) is 2.23. The topological polar surface area (TPSA) is 43.8 Å². The molecule has 15 heavy (non-hydrogen) atoms. The van der Waals surface area contributed by atoms with Crippen LogP contribution in [0.3, 0.4) is 0 Å². The lowest BCUT2D eigenvalue weighted by Crippen LogP contribution is -2.03. The molecule has 1 heterocycles. The molecule has 0 aliphatic heterocycles. The lowest BCUT2D eigenvalue weighted by Gasteiger charge is -2.09. The van der Waals surface area contributed by atoms with Gasteiger partial charge in [0, 0.05) is 13.1 Å². The Bertz CT molecular complexity index is 531. The number of anilines is 1. The predicted octanol–water partition coefficient (Wildman–Crippen LogP) is 2.40. The predicted molar refractivity (Wildman–Crippen MR) is 63.9 cm³/mol. The number of nitrogens with zero attached hydrogens (tertiary/aromatic N) is 2. The van der Waals surface area contributed by atoms with Crippen LogP contribution in [0.4, 0.5) is 5.82 Å². The molecule has 1 aromatic carbocycles. The molecule has 2 aromatic rings. The number of nitrogens with two attached hydrogens (primary N) is 1. The fraction of sp³-hybridized carbons (Fsp3) is 0.0909. The Balaban J connectivity index is 2.68. The summed E-state index contributed by atoms with van der Waals surface area (Å²) >= 11 is 5.10. The monoisotopic (exact) mass is 217 g/mol. The maximum absolute atomic E-state index is 5.67. The van der Waals surface area contributed by atoms with Crippen molar-refractivity contribution in [2.24, 2.45) is 7.05 Å². The van der Waals surface area contributed by atoms with Gasteiger partial charge in [0.05, 0.1) is 5.69 Å². The number of benzene rings is 1. The van der Waals surface area contributed by atoms with Gasteiger partial charge in [-0.3, -0.25) is 0 Å². The zero-order valence-electron chi connectivity index (χ0n) is 8.34. The van der Waals surface area contributed by atoms with Crippen molar-refractivity contribution in [3.05, 3.63) is 41.2 Å². The molecule has 0 saturated carbocycles. The van der Waals surface area contributed by atoms with Crippen LogP contribution in [0, 0.1) is 4.77 Å². The van der Waals surface area contributed by atoms with E-state index in [2.05, 4.69) is 4.98 Å². The summed E-state index contributed by atoms with van der Waals surface area (Å²) in [5, 5.41) is 0. The maximum atomic E-state index is 5.67. The molecule has 0 unspecified atom stereocenters. The summed E-state index contributed by atoms with van der Waals surface area (Å²) in [5.74, 6) is 0.456. The maximum Gasteiger partial charge on any atom is 0.201 e. The highest BCUT2D eigenvalue weighted by molar-refractivity contribution is 7.71. The third-order valence-corrected chi connectivity index (χ3v) is 2.59. The largest absolute Gasteiger partial charge is 0.384 e. The van der Waals surface area contributed by atoms with Crippen molar-refractivity contribution < 1.29 is 0 Å². The number of nitrogen functional groups attached to an aromatic ring is 1. The van der Waals surface area contributed by atoms with Gasteiger partial charge in [-0.05, 0) is 17.8 Å². The highest BCUT2D eigenvalue weighted by Gasteiger charge is 2.02. The van der Waals surface area contributed by atoms with Crippen molar-refractivity contribution in [3.8, 4) is 11.3 Å². The minimum atomic E-state index is 0.456. The molecule has 0 amide bonds. The molecule has 0 fully saturated rings. The van der Waals surface area contributed by atoms with Crippen molar-refractivity contribution in [3.63, 3.8) is 0 Å². The molecule has 3 nitrogen and oxygen atoms in total. The SMILES string of the molecule is Cn1c(-c2ccccc2)cc(N)nc1=S. The molecule has 76 valence electrons. The van der Waals surface area contributed by atoms with Crippen molar-refractivity contribution in [2.75, 3.05) is 5.73 Å². The fourth-order valence-corrected chi connectivity index (χ4v) is 1.65.